The van der Waals surface area contributed by atoms with E-state index in [4.69, 9.17) is 10.2 Å². The number of aromatic nitrogens is 2. The number of fused-ring (bicyclic) bond motifs is 1. The van der Waals surface area contributed by atoms with Gasteiger partial charge in [0.1, 0.15) is 5.69 Å². The molecule has 1 atom stereocenters. The van der Waals surface area contributed by atoms with Crippen molar-refractivity contribution in [2.45, 2.75) is 38.5 Å². The van der Waals surface area contributed by atoms with E-state index in [1.165, 1.54) is 6.26 Å². The lowest BCUT2D eigenvalue weighted by Gasteiger charge is -2.33. The molecule has 1 aliphatic carbocycles. The summed E-state index contributed by atoms with van der Waals surface area (Å²) in [4.78, 5) is 35.7. The first-order chi connectivity index (χ1) is 13.6. The molecule has 28 heavy (non-hydrogen) atoms. The van der Waals surface area contributed by atoms with Gasteiger partial charge in [-0.3, -0.25) is 9.59 Å². The third-order valence-corrected chi connectivity index (χ3v) is 5.51. The maximum absolute atomic E-state index is 13.2. The van der Waals surface area contributed by atoms with Gasteiger partial charge in [-0.25, -0.2) is 9.97 Å². The second-order valence-electron chi connectivity index (χ2n) is 7.51. The summed E-state index contributed by atoms with van der Waals surface area (Å²) >= 11 is 0. The number of carbonyl (C=O) groups is 2. The average Bonchev–Trinajstić information content (AvgIpc) is 3.26. The first kappa shape index (κ1) is 18.5. The summed E-state index contributed by atoms with van der Waals surface area (Å²) < 4.78 is 5.11. The molecule has 3 N–H and O–H groups in total. The van der Waals surface area contributed by atoms with E-state index in [9.17, 15) is 9.59 Å². The summed E-state index contributed by atoms with van der Waals surface area (Å²) in [5.41, 5.74) is 8.19. The lowest BCUT2D eigenvalue weighted by molar-refractivity contribution is 0.0662. The molecule has 8 nitrogen and oxygen atoms in total. The van der Waals surface area contributed by atoms with E-state index in [0.29, 0.717) is 31.1 Å². The number of nitrogens with zero attached hydrogens (tertiary/aromatic N) is 3. The number of hydrogen-bond donors (Lipinski definition) is 2. The lowest BCUT2D eigenvalue weighted by Crippen LogP contribution is -2.44. The smallest absolute Gasteiger partial charge is 0.286 e. The fourth-order valence-corrected chi connectivity index (χ4v) is 4.09. The van der Waals surface area contributed by atoms with Crippen molar-refractivity contribution in [1.29, 1.82) is 0 Å². The zero-order chi connectivity index (χ0) is 19.5. The van der Waals surface area contributed by atoms with Crippen molar-refractivity contribution in [2.24, 2.45) is 5.92 Å². The Balaban J connectivity index is 1.42. The number of hydrogen-bond acceptors (Lipinski definition) is 6. The predicted octanol–water partition coefficient (Wildman–Crippen LogP) is 1.81. The van der Waals surface area contributed by atoms with E-state index < -0.39 is 0 Å². The van der Waals surface area contributed by atoms with Crippen molar-refractivity contribution >= 4 is 17.8 Å². The zero-order valence-corrected chi connectivity index (χ0v) is 15.8. The van der Waals surface area contributed by atoms with E-state index in [1.54, 1.807) is 12.1 Å². The van der Waals surface area contributed by atoms with E-state index in [-0.39, 0.29) is 23.7 Å². The molecule has 3 heterocycles. The van der Waals surface area contributed by atoms with E-state index in [0.717, 1.165) is 49.8 Å². The van der Waals surface area contributed by atoms with Crippen molar-refractivity contribution in [3.8, 4) is 0 Å². The number of nitrogen functional groups attached to an aromatic ring is 1. The number of anilines is 1. The summed E-state index contributed by atoms with van der Waals surface area (Å²) in [5, 5.41) is 2.90. The molecule has 0 spiro atoms. The number of nitrogens with one attached hydrogen (secondary N) is 1. The van der Waals surface area contributed by atoms with Crippen molar-refractivity contribution in [2.75, 3.05) is 25.4 Å². The third-order valence-electron chi connectivity index (χ3n) is 5.51. The van der Waals surface area contributed by atoms with Crippen LogP contribution in [0.2, 0.25) is 0 Å². The number of rotatable bonds is 4. The maximum Gasteiger partial charge on any atom is 0.286 e. The molecular formula is C20H25N5O3. The lowest BCUT2D eigenvalue weighted by atomic mass is 9.93. The van der Waals surface area contributed by atoms with Gasteiger partial charge in [-0.2, -0.15) is 0 Å². The average molecular weight is 383 g/mol. The molecule has 2 amide bonds. The van der Waals surface area contributed by atoms with Gasteiger partial charge in [0, 0.05) is 30.9 Å². The molecule has 2 aliphatic rings. The summed E-state index contributed by atoms with van der Waals surface area (Å²) in [6.45, 7) is 1.80. The monoisotopic (exact) mass is 383 g/mol. The van der Waals surface area contributed by atoms with E-state index >= 15 is 0 Å². The summed E-state index contributed by atoms with van der Waals surface area (Å²) in [5.74, 6) is 0.363. The first-order valence-electron chi connectivity index (χ1n) is 9.88. The van der Waals surface area contributed by atoms with Gasteiger partial charge < -0.3 is 20.4 Å². The van der Waals surface area contributed by atoms with Gasteiger partial charge in [0.15, 0.2) is 5.76 Å². The van der Waals surface area contributed by atoms with Gasteiger partial charge in [-0.15, -0.1) is 0 Å². The Morgan fingerprint density at radius 1 is 1.25 bits per heavy atom. The van der Waals surface area contributed by atoms with Crippen LogP contribution in [0.3, 0.4) is 0 Å². The van der Waals surface area contributed by atoms with Crippen LogP contribution in [0.5, 0.6) is 0 Å². The zero-order valence-electron chi connectivity index (χ0n) is 15.8. The van der Waals surface area contributed by atoms with Gasteiger partial charge >= 0.3 is 0 Å². The van der Waals surface area contributed by atoms with E-state index in [2.05, 4.69) is 15.3 Å². The second-order valence-corrected chi connectivity index (χ2v) is 7.51. The molecule has 1 fully saturated rings. The Labute approximate surface area is 163 Å². The van der Waals surface area contributed by atoms with Crippen molar-refractivity contribution < 1.29 is 14.0 Å². The SMILES string of the molecule is Nc1nc2c(c(C(=O)N3CCCC(CNC(=O)c4ccco4)C3)n1)CCCC2. The summed E-state index contributed by atoms with van der Waals surface area (Å²) in [7, 11) is 0. The Morgan fingerprint density at radius 3 is 2.93 bits per heavy atom. The predicted molar refractivity (Wildman–Crippen MR) is 103 cm³/mol. The van der Waals surface area contributed by atoms with Crippen molar-refractivity contribution in [1.82, 2.24) is 20.2 Å². The normalized spacial score (nSPS) is 19.1. The van der Waals surface area contributed by atoms with Crippen LogP contribution in [-0.2, 0) is 12.8 Å². The van der Waals surface area contributed by atoms with E-state index in [1.807, 2.05) is 4.90 Å². The van der Waals surface area contributed by atoms with Crippen LogP contribution in [0, 0.1) is 5.92 Å². The van der Waals surface area contributed by atoms with Crippen molar-refractivity contribution in [3.05, 3.63) is 41.1 Å². The molecule has 8 heteroatoms. The van der Waals surface area contributed by atoms with Crippen molar-refractivity contribution in [3.63, 3.8) is 0 Å². The van der Waals surface area contributed by atoms with Crippen LogP contribution >= 0.6 is 0 Å². The Bertz CT molecular complexity index is 865. The summed E-state index contributed by atoms with van der Waals surface area (Å²) in [6, 6.07) is 3.32. The molecule has 1 unspecified atom stereocenters. The molecule has 0 radical (unpaired) electrons. The Morgan fingerprint density at radius 2 is 2.11 bits per heavy atom. The molecule has 0 aromatic carbocycles. The molecule has 0 saturated carbocycles. The number of carbonyl (C=O) groups excluding carboxylic acids is 2. The number of piperidine rings is 1. The van der Waals surface area contributed by atoms with Gasteiger partial charge in [0.2, 0.25) is 5.95 Å². The molecular weight excluding hydrogens is 358 g/mol. The van der Waals surface area contributed by atoms with Crippen LogP contribution in [0.15, 0.2) is 22.8 Å². The first-order valence-corrected chi connectivity index (χ1v) is 9.88. The molecule has 4 rings (SSSR count). The number of furan rings is 1. The number of amides is 2. The Hall–Kier alpha value is -2.90. The highest BCUT2D eigenvalue weighted by atomic mass is 16.3. The topological polar surface area (TPSA) is 114 Å². The number of likely N-dealkylation sites (tertiary alicyclic amines) is 1. The molecule has 2 aromatic rings. The van der Waals surface area contributed by atoms with Crippen LogP contribution in [-0.4, -0.2) is 46.3 Å². The molecule has 1 aliphatic heterocycles. The highest BCUT2D eigenvalue weighted by molar-refractivity contribution is 5.94. The molecule has 2 aromatic heterocycles. The highest BCUT2D eigenvalue weighted by Gasteiger charge is 2.29. The summed E-state index contributed by atoms with van der Waals surface area (Å²) in [6.07, 6.45) is 7.13. The van der Waals surface area contributed by atoms with Crippen LogP contribution in [0.4, 0.5) is 5.95 Å². The van der Waals surface area contributed by atoms with Crippen LogP contribution in [0.1, 0.15) is 58.0 Å². The van der Waals surface area contributed by atoms with Gasteiger partial charge in [-0.1, -0.05) is 0 Å². The van der Waals surface area contributed by atoms with Gasteiger partial charge in [0.25, 0.3) is 11.8 Å². The highest BCUT2D eigenvalue weighted by Crippen LogP contribution is 2.25. The standard InChI is InChI=1S/C20H25N5O3/c21-20-23-15-7-2-1-6-14(15)17(24-20)19(27)25-9-3-5-13(12-25)11-22-18(26)16-8-4-10-28-16/h4,8,10,13H,1-3,5-7,9,11-12H2,(H,22,26)(H2,21,23,24). The number of nitrogens with two attached hydrogens (primary N) is 1. The maximum atomic E-state index is 13.2. The largest absolute Gasteiger partial charge is 0.459 e. The molecule has 148 valence electrons. The fourth-order valence-electron chi connectivity index (χ4n) is 4.09. The second kappa shape index (κ2) is 8.00. The van der Waals surface area contributed by atoms with Crippen LogP contribution < -0.4 is 11.1 Å². The molecule has 0 bridgehead atoms. The minimum Gasteiger partial charge on any atom is -0.459 e. The molecule has 1 saturated heterocycles. The minimum atomic E-state index is -0.230. The Kier molecular flexibility index (Phi) is 5.27. The van der Waals surface area contributed by atoms with Gasteiger partial charge in [-0.05, 0) is 56.6 Å². The third kappa shape index (κ3) is 3.85. The number of aryl methyl sites for hydroxylation is 1. The fraction of sp³-hybridized carbons (Fsp3) is 0.500. The quantitative estimate of drug-likeness (QED) is 0.832. The van der Waals surface area contributed by atoms with Gasteiger partial charge in [0.05, 0.1) is 6.26 Å². The minimum absolute atomic E-state index is 0.0747. The van der Waals surface area contributed by atoms with Crippen LogP contribution in [0.25, 0.3) is 0 Å².